The standard InChI is InChI=1S/C22H22N2O4/c1-15-5-11-18(24-22(26)20-4-3-13-28-20)19(14-15)23-21(25)12-8-16-6-9-17(27-2)10-7-16/h3-7,9-11,13-14H,8,12H2,1-2H3,(H,23,25)(H,24,26). The van der Waals surface area contributed by atoms with Crippen molar-refractivity contribution in [2.24, 2.45) is 0 Å². The first kappa shape index (κ1) is 19.2. The molecule has 0 aliphatic carbocycles. The number of amides is 2. The van der Waals surface area contributed by atoms with E-state index < -0.39 is 0 Å². The van der Waals surface area contributed by atoms with E-state index in [0.29, 0.717) is 24.2 Å². The van der Waals surface area contributed by atoms with Gasteiger partial charge in [-0.3, -0.25) is 9.59 Å². The second kappa shape index (κ2) is 8.90. The molecule has 144 valence electrons. The molecule has 0 saturated carbocycles. The van der Waals surface area contributed by atoms with Crippen LogP contribution < -0.4 is 15.4 Å². The number of furan rings is 1. The molecule has 0 atom stereocenters. The zero-order valence-corrected chi connectivity index (χ0v) is 15.8. The lowest BCUT2D eigenvalue weighted by atomic mass is 10.1. The van der Waals surface area contributed by atoms with Crippen molar-refractivity contribution in [2.45, 2.75) is 19.8 Å². The van der Waals surface area contributed by atoms with Gasteiger partial charge in [0.2, 0.25) is 5.91 Å². The van der Waals surface area contributed by atoms with Gasteiger partial charge >= 0.3 is 0 Å². The molecule has 1 aromatic heterocycles. The maximum Gasteiger partial charge on any atom is 0.291 e. The zero-order valence-electron chi connectivity index (χ0n) is 15.8. The van der Waals surface area contributed by atoms with Gasteiger partial charge in [0.25, 0.3) is 5.91 Å². The fraction of sp³-hybridized carbons (Fsp3) is 0.182. The second-order valence-electron chi connectivity index (χ2n) is 6.38. The molecule has 0 unspecified atom stereocenters. The fourth-order valence-electron chi connectivity index (χ4n) is 2.72. The largest absolute Gasteiger partial charge is 0.497 e. The number of aryl methyl sites for hydroxylation is 2. The average molecular weight is 378 g/mol. The van der Waals surface area contributed by atoms with Crippen LogP contribution in [0.1, 0.15) is 28.1 Å². The van der Waals surface area contributed by atoms with Gasteiger partial charge in [-0.2, -0.15) is 0 Å². The highest BCUT2D eigenvalue weighted by molar-refractivity contribution is 6.05. The van der Waals surface area contributed by atoms with Gasteiger partial charge < -0.3 is 19.8 Å². The van der Waals surface area contributed by atoms with Crippen molar-refractivity contribution in [3.8, 4) is 5.75 Å². The third-order valence-electron chi connectivity index (χ3n) is 4.24. The highest BCUT2D eigenvalue weighted by atomic mass is 16.5. The first-order valence-electron chi connectivity index (χ1n) is 8.93. The van der Waals surface area contributed by atoms with Crippen molar-refractivity contribution in [3.63, 3.8) is 0 Å². The monoisotopic (exact) mass is 378 g/mol. The average Bonchev–Trinajstić information content (AvgIpc) is 3.24. The Morgan fingerprint density at radius 2 is 1.79 bits per heavy atom. The van der Waals surface area contributed by atoms with E-state index in [9.17, 15) is 9.59 Å². The first-order valence-corrected chi connectivity index (χ1v) is 8.93. The Hall–Kier alpha value is -3.54. The molecule has 3 aromatic rings. The highest BCUT2D eigenvalue weighted by Crippen LogP contribution is 2.24. The quantitative estimate of drug-likeness (QED) is 0.638. The lowest BCUT2D eigenvalue weighted by Gasteiger charge is -2.13. The molecular weight excluding hydrogens is 356 g/mol. The van der Waals surface area contributed by atoms with Crippen LogP contribution in [0.25, 0.3) is 0 Å². The molecule has 0 fully saturated rings. The van der Waals surface area contributed by atoms with Gasteiger partial charge in [-0.25, -0.2) is 0 Å². The van der Waals surface area contributed by atoms with Crippen LogP contribution >= 0.6 is 0 Å². The summed E-state index contributed by atoms with van der Waals surface area (Å²) >= 11 is 0. The van der Waals surface area contributed by atoms with E-state index in [4.69, 9.17) is 9.15 Å². The Kier molecular flexibility index (Phi) is 6.11. The van der Waals surface area contributed by atoms with Gasteiger partial charge in [-0.15, -0.1) is 0 Å². The number of rotatable bonds is 7. The number of carbonyl (C=O) groups excluding carboxylic acids is 2. The summed E-state index contributed by atoms with van der Waals surface area (Å²) in [6.45, 7) is 1.92. The van der Waals surface area contributed by atoms with E-state index >= 15 is 0 Å². The van der Waals surface area contributed by atoms with Crippen LogP contribution in [-0.2, 0) is 11.2 Å². The van der Waals surface area contributed by atoms with Gasteiger partial charge in [0, 0.05) is 6.42 Å². The number of carbonyl (C=O) groups is 2. The molecule has 0 radical (unpaired) electrons. The number of hydrogen-bond acceptors (Lipinski definition) is 4. The van der Waals surface area contributed by atoms with Crippen molar-refractivity contribution in [1.29, 1.82) is 0 Å². The number of methoxy groups -OCH3 is 1. The number of nitrogens with one attached hydrogen (secondary N) is 2. The first-order chi connectivity index (χ1) is 13.5. The molecule has 2 N–H and O–H groups in total. The molecule has 0 saturated heterocycles. The molecule has 6 heteroatoms. The predicted molar refractivity (Wildman–Crippen MR) is 108 cm³/mol. The van der Waals surface area contributed by atoms with Crippen LogP contribution in [0, 0.1) is 6.92 Å². The molecule has 2 aromatic carbocycles. The predicted octanol–water partition coefficient (Wildman–Crippen LogP) is 4.42. The summed E-state index contributed by atoms with van der Waals surface area (Å²) in [5, 5.41) is 5.66. The molecule has 1 heterocycles. The van der Waals surface area contributed by atoms with E-state index in [0.717, 1.165) is 16.9 Å². The van der Waals surface area contributed by atoms with Crippen LogP contribution in [0.2, 0.25) is 0 Å². The summed E-state index contributed by atoms with van der Waals surface area (Å²) in [7, 11) is 1.62. The third kappa shape index (κ3) is 5.01. The Balaban J connectivity index is 1.64. The minimum atomic E-state index is -0.373. The smallest absolute Gasteiger partial charge is 0.291 e. The van der Waals surface area contributed by atoms with E-state index in [1.165, 1.54) is 6.26 Å². The summed E-state index contributed by atoms with van der Waals surface area (Å²) in [5.74, 6) is 0.486. The van der Waals surface area contributed by atoms with Crippen LogP contribution in [0.5, 0.6) is 5.75 Å². The Bertz CT molecular complexity index is 947. The summed E-state index contributed by atoms with van der Waals surface area (Å²) in [4.78, 5) is 24.7. The van der Waals surface area contributed by atoms with Gasteiger partial charge in [0.05, 0.1) is 24.7 Å². The number of anilines is 2. The molecule has 0 bridgehead atoms. The summed E-state index contributed by atoms with van der Waals surface area (Å²) in [5.41, 5.74) is 3.09. The Morgan fingerprint density at radius 3 is 2.46 bits per heavy atom. The molecular formula is C22H22N2O4. The van der Waals surface area contributed by atoms with Crippen LogP contribution in [0.4, 0.5) is 11.4 Å². The van der Waals surface area contributed by atoms with Crippen LogP contribution in [0.15, 0.2) is 65.3 Å². The Labute approximate surface area is 163 Å². The maximum absolute atomic E-state index is 12.4. The second-order valence-corrected chi connectivity index (χ2v) is 6.38. The minimum Gasteiger partial charge on any atom is -0.497 e. The lowest BCUT2D eigenvalue weighted by molar-refractivity contribution is -0.116. The highest BCUT2D eigenvalue weighted by Gasteiger charge is 2.13. The van der Waals surface area contributed by atoms with Crippen LogP contribution in [0.3, 0.4) is 0 Å². The fourth-order valence-corrected chi connectivity index (χ4v) is 2.72. The van der Waals surface area contributed by atoms with Gasteiger partial charge in [-0.1, -0.05) is 18.2 Å². The normalized spacial score (nSPS) is 10.4. The van der Waals surface area contributed by atoms with Crippen molar-refractivity contribution >= 4 is 23.2 Å². The topological polar surface area (TPSA) is 80.6 Å². The van der Waals surface area contributed by atoms with Gasteiger partial charge in [-0.05, 0) is 60.9 Å². The molecule has 28 heavy (non-hydrogen) atoms. The Morgan fingerprint density at radius 1 is 1.00 bits per heavy atom. The van der Waals surface area contributed by atoms with E-state index in [-0.39, 0.29) is 17.6 Å². The zero-order chi connectivity index (χ0) is 19.9. The van der Waals surface area contributed by atoms with E-state index in [1.54, 1.807) is 25.3 Å². The molecule has 0 aliphatic heterocycles. The van der Waals surface area contributed by atoms with Crippen molar-refractivity contribution in [2.75, 3.05) is 17.7 Å². The third-order valence-corrected chi connectivity index (χ3v) is 4.24. The molecule has 2 amide bonds. The number of ether oxygens (including phenoxy) is 1. The minimum absolute atomic E-state index is 0.130. The summed E-state index contributed by atoms with van der Waals surface area (Å²) in [6, 6.07) is 16.3. The molecule has 6 nitrogen and oxygen atoms in total. The van der Waals surface area contributed by atoms with E-state index in [2.05, 4.69) is 10.6 Å². The molecule has 0 aliphatic rings. The van der Waals surface area contributed by atoms with Crippen LogP contribution in [-0.4, -0.2) is 18.9 Å². The molecule has 0 spiro atoms. The SMILES string of the molecule is COc1ccc(CCC(=O)Nc2cc(C)ccc2NC(=O)c2ccco2)cc1. The number of benzene rings is 2. The van der Waals surface area contributed by atoms with Gasteiger partial charge in [0.1, 0.15) is 5.75 Å². The van der Waals surface area contributed by atoms with Crippen molar-refractivity contribution in [3.05, 3.63) is 77.7 Å². The number of hydrogen-bond donors (Lipinski definition) is 2. The maximum atomic E-state index is 12.4. The van der Waals surface area contributed by atoms with Gasteiger partial charge in [0.15, 0.2) is 5.76 Å². The summed E-state index contributed by atoms with van der Waals surface area (Å²) < 4.78 is 10.2. The van der Waals surface area contributed by atoms with Crippen molar-refractivity contribution < 1.29 is 18.7 Å². The van der Waals surface area contributed by atoms with Crippen molar-refractivity contribution in [1.82, 2.24) is 0 Å². The lowest BCUT2D eigenvalue weighted by Crippen LogP contribution is -2.17. The molecule has 3 rings (SSSR count). The summed E-state index contributed by atoms with van der Waals surface area (Å²) in [6.07, 6.45) is 2.37. The van der Waals surface area contributed by atoms with E-state index in [1.807, 2.05) is 43.3 Å².